The molecule has 0 saturated heterocycles. The molecule has 1 N–H and O–H groups in total. The van der Waals surface area contributed by atoms with Crippen molar-refractivity contribution in [2.24, 2.45) is 0 Å². The van der Waals surface area contributed by atoms with Gasteiger partial charge in [-0.2, -0.15) is 13.2 Å². The van der Waals surface area contributed by atoms with Gasteiger partial charge in [0.2, 0.25) is 0 Å². The van der Waals surface area contributed by atoms with Crippen LogP contribution in [-0.4, -0.2) is 25.2 Å². The maximum Gasteiger partial charge on any atom is 0.416 e. The number of hydrogen-bond donors (Lipinski definition) is 1. The summed E-state index contributed by atoms with van der Waals surface area (Å²) >= 11 is 0. The van der Waals surface area contributed by atoms with Gasteiger partial charge in [-0.15, -0.1) is 0 Å². The Morgan fingerprint density at radius 2 is 1.77 bits per heavy atom. The number of anilines is 2. The molecule has 3 aromatic rings. The average molecular weight is 416 g/mol. The van der Waals surface area contributed by atoms with Crippen molar-refractivity contribution in [1.29, 1.82) is 0 Å². The molecule has 0 saturated carbocycles. The Morgan fingerprint density at radius 1 is 1.03 bits per heavy atom. The summed E-state index contributed by atoms with van der Waals surface area (Å²) in [4.78, 5) is 16.2. The zero-order valence-corrected chi connectivity index (χ0v) is 16.3. The Labute approximate surface area is 171 Å². The Kier molecular flexibility index (Phi) is 6.25. The van der Waals surface area contributed by atoms with Crippen molar-refractivity contribution >= 4 is 17.5 Å². The van der Waals surface area contributed by atoms with E-state index in [-0.39, 0.29) is 5.56 Å². The molecule has 0 radical (unpaired) electrons. The number of para-hydroxylation sites is 1. The van der Waals surface area contributed by atoms with Crippen LogP contribution in [0.2, 0.25) is 0 Å². The number of rotatable bonds is 6. The zero-order valence-electron chi connectivity index (χ0n) is 16.3. The maximum atomic E-state index is 12.9. The SMILES string of the molecule is COC(=O)c1cccc(Nc2cc(Cc3cccc(C(F)(F)F)c3)ccn2)c1OC. The molecule has 0 atom stereocenters. The molecule has 3 rings (SSSR count). The van der Waals surface area contributed by atoms with Crippen LogP contribution < -0.4 is 10.1 Å². The minimum atomic E-state index is -4.39. The van der Waals surface area contributed by atoms with E-state index in [9.17, 15) is 18.0 Å². The first-order chi connectivity index (χ1) is 14.3. The molecule has 0 amide bonds. The van der Waals surface area contributed by atoms with Gasteiger partial charge in [-0.1, -0.05) is 24.3 Å². The van der Waals surface area contributed by atoms with Crippen LogP contribution in [0, 0.1) is 0 Å². The molecule has 156 valence electrons. The lowest BCUT2D eigenvalue weighted by Crippen LogP contribution is -2.06. The van der Waals surface area contributed by atoms with Crippen LogP contribution in [0.5, 0.6) is 5.75 Å². The highest BCUT2D eigenvalue weighted by Gasteiger charge is 2.30. The number of methoxy groups -OCH3 is 2. The Balaban J connectivity index is 1.84. The standard InChI is InChI=1S/C22H19F3N2O3/c1-29-20-17(21(28)30-2)7-4-8-18(20)27-19-13-15(9-10-26-19)11-14-5-3-6-16(12-14)22(23,24)25/h3-10,12-13H,11H2,1-2H3,(H,26,27). The maximum absolute atomic E-state index is 12.9. The van der Waals surface area contributed by atoms with Gasteiger partial charge in [0.15, 0.2) is 5.75 Å². The summed E-state index contributed by atoms with van der Waals surface area (Å²) < 4.78 is 48.9. The number of nitrogens with one attached hydrogen (secondary N) is 1. The van der Waals surface area contributed by atoms with Crippen LogP contribution in [0.15, 0.2) is 60.8 Å². The molecule has 0 aliphatic heterocycles. The topological polar surface area (TPSA) is 60.5 Å². The van der Waals surface area contributed by atoms with Crippen molar-refractivity contribution < 1.29 is 27.4 Å². The number of alkyl halides is 3. The number of benzene rings is 2. The highest BCUT2D eigenvalue weighted by atomic mass is 19.4. The fourth-order valence-electron chi connectivity index (χ4n) is 3.01. The summed E-state index contributed by atoms with van der Waals surface area (Å²) in [6.45, 7) is 0. The van der Waals surface area contributed by atoms with Crippen LogP contribution in [0.4, 0.5) is 24.7 Å². The van der Waals surface area contributed by atoms with Crippen molar-refractivity contribution in [2.45, 2.75) is 12.6 Å². The smallest absolute Gasteiger partial charge is 0.416 e. The van der Waals surface area contributed by atoms with Gasteiger partial charge in [0.25, 0.3) is 0 Å². The van der Waals surface area contributed by atoms with E-state index >= 15 is 0 Å². The summed E-state index contributed by atoms with van der Waals surface area (Å²) in [6, 6.07) is 13.6. The van der Waals surface area contributed by atoms with Gasteiger partial charge >= 0.3 is 12.1 Å². The zero-order chi connectivity index (χ0) is 21.7. The van der Waals surface area contributed by atoms with Gasteiger partial charge in [0.05, 0.1) is 25.5 Å². The molecule has 0 bridgehead atoms. The second-order valence-electron chi connectivity index (χ2n) is 6.43. The molecule has 30 heavy (non-hydrogen) atoms. The van der Waals surface area contributed by atoms with Crippen LogP contribution in [0.3, 0.4) is 0 Å². The van der Waals surface area contributed by atoms with Gasteiger partial charge < -0.3 is 14.8 Å². The minimum Gasteiger partial charge on any atom is -0.494 e. The summed E-state index contributed by atoms with van der Waals surface area (Å²) in [5.41, 5.74) is 1.38. The van der Waals surface area contributed by atoms with E-state index in [0.29, 0.717) is 29.2 Å². The van der Waals surface area contributed by atoms with Crippen molar-refractivity contribution in [3.63, 3.8) is 0 Å². The van der Waals surface area contributed by atoms with Gasteiger partial charge in [-0.05, 0) is 47.9 Å². The molecule has 0 fully saturated rings. The third-order valence-electron chi connectivity index (χ3n) is 4.37. The lowest BCUT2D eigenvalue weighted by atomic mass is 10.0. The molecule has 2 aromatic carbocycles. The van der Waals surface area contributed by atoms with Gasteiger partial charge in [0, 0.05) is 6.20 Å². The van der Waals surface area contributed by atoms with E-state index < -0.39 is 17.7 Å². The van der Waals surface area contributed by atoms with Crippen LogP contribution in [-0.2, 0) is 17.3 Å². The summed E-state index contributed by atoms with van der Waals surface area (Å²) in [5, 5.41) is 3.08. The fourth-order valence-corrected chi connectivity index (χ4v) is 3.01. The summed E-state index contributed by atoms with van der Waals surface area (Å²) in [6.07, 6.45) is -2.52. The Morgan fingerprint density at radius 3 is 2.47 bits per heavy atom. The van der Waals surface area contributed by atoms with E-state index in [1.165, 1.54) is 20.3 Å². The Hall–Kier alpha value is -3.55. The molecular weight excluding hydrogens is 397 g/mol. The first-order valence-corrected chi connectivity index (χ1v) is 8.95. The van der Waals surface area contributed by atoms with Gasteiger partial charge in [-0.25, -0.2) is 9.78 Å². The van der Waals surface area contributed by atoms with E-state index in [0.717, 1.165) is 17.7 Å². The minimum absolute atomic E-state index is 0.255. The largest absolute Gasteiger partial charge is 0.494 e. The predicted octanol–water partition coefficient (Wildman–Crippen LogP) is 5.23. The second kappa shape index (κ2) is 8.86. The van der Waals surface area contributed by atoms with Crippen LogP contribution in [0.25, 0.3) is 0 Å². The first-order valence-electron chi connectivity index (χ1n) is 8.95. The monoisotopic (exact) mass is 416 g/mol. The number of hydrogen-bond acceptors (Lipinski definition) is 5. The third-order valence-corrected chi connectivity index (χ3v) is 4.37. The average Bonchev–Trinajstić information content (AvgIpc) is 2.73. The summed E-state index contributed by atoms with van der Waals surface area (Å²) in [7, 11) is 2.71. The number of carbonyl (C=O) groups is 1. The van der Waals surface area contributed by atoms with E-state index in [1.807, 2.05) is 0 Å². The highest BCUT2D eigenvalue weighted by Crippen LogP contribution is 2.32. The number of nitrogens with zero attached hydrogens (tertiary/aromatic N) is 1. The molecule has 1 aromatic heterocycles. The molecular formula is C22H19F3N2O3. The van der Waals surface area contributed by atoms with Gasteiger partial charge in [0.1, 0.15) is 11.4 Å². The molecule has 8 heteroatoms. The van der Waals surface area contributed by atoms with Crippen LogP contribution >= 0.6 is 0 Å². The fraction of sp³-hybridized carbons (Fsp3) is 0.182. The van der Waals surface area contributed by atoms with Gasteiger partial charge in [-0.3, -0.25) is 0 Å². The highest BCUT2D eigenvalue weighted by molar-refractivity contribution is 5.95. The summed E-state index contributed by atoms with van der Waals surface area (Å²) in [5.74, 6) is 0.218. The normalized spacial score (nSPS) is 11.1. The Bertz CT molecular complexity index is 1050. The van der Waals surface area contributed by atoms with E-state index in [1.54, 1.807) is 42.6 Å². The number of ether oxygens (including phenoxy) is 2. The molecule has 0 spiro atoms. The quantitative estimate of drug-likeness (QED) is 0.558. The molecule has 0 aliphatic rings. The van der Waals surface area contributed by atoms with Crippen LogP contribution in [0.1, 0.15) is 27.0 Å². The third kappa shape index (κ3) is 4.89. The van der Waals surface area contributed by atoms with E-state index in [4.69, 9.17) is 9.47 Å². The lowest BCUT2D eigenvalue weighted by Gasteiger charge is -2.14. The van der Waals surface area contributed by atoms with Crippen molar-refractivity contribution in [3.8, 4) is 5.75 Å². The second-order valence-corrected chi connectivity index (χ2v) is 6.43. The number of aromatic nitrogens is 1. The first kappa shape index (κ1) is 21.2. The molecule has 0 unspecified atom stereocenters. The molecule has 1 heterocycles. The number of esters is 1. The van der Waals surface area contributed by atoms with Crippen molar-refractivity contribution in [1.82, 2.24) is 4.98 Å². The molecule has 0 aliphatic carbocycles. The number of halogens is 3. The van der Waals surface area contributed by atoms with E-state index in [2.05, 4.69) is 10.3 Å². The van der Waals surface area contributed by atoms with Crippen molar-refractivity contribution in [3.05, 3.63) is 83.0 Å². The lowest BCUT2D eigenvalue weighted by molar-refractivity contribution is -0.137. The number of carbonyl (C=O) groups excluding carboxylic acids is 1. The number of pyridine rings is 1. The van der Waals surface area contributed by atoms with Crippen molar-refractivity contribution in [2.75, 3.05) is 19.5 Å². The predicted molar refractivity (Wildman–Crippen MR) is 106 cm³/mol. The molecule has 5 nitrogen and oxygen atoms in total.